The molecular weight excluding hydrogens is 284 g/mol. The SMILES string of the molecule is O=C(O)c1ccc(CN2CCN(c3cccs3)CC2)cc1. The van der Waals surface area contributed by atoms with Crippen molar-refractivity contribution in [3.63, 3.8) is 0 Å². The molecule has 21 heavy (non-hydrogen) atoms. The zero-order valence-corrected chi connectivity index (χ0v) is 12.6. The van der Waals surface area contributed by atoms with Crippen LogP contribution >= 0.6 is 11.3 Å². The average molecular weight is 302 g/mol. The lowest BCUT2D eigenvalue weighted by Crippen LogP contribution is -2.45. The molecular formula is C16H18N2O2S. The van der Waals surface area contributed by atoms with Gasteiger partial charge in [0.15, 0.2) is 0 Å². The quantitative estimate of drug-likeness (QED) is 0.943. The monoisotopic (exact) mass is 302 g/mol. The van der Waals surface area contributed by atoms with Gasteiger partial charge in [-0.3, -0.25) is 4.90 Å². The molecule has 1 aliphatic rings. The van der Waals surface area contributed by atoms with Gasteiger partial charge in [0.1, 0.15) is 0 Å². The zero-order valence-electron chi connectivity index (χ0n) is 11.7. The van der Waals surface area contributed by atoms with Crippen LogP contribution < -0.4 is 4.90 Å². The lowest BCUT2D eigenvalue weighted by atomic mass is 10.1. The van der Waals surface area contributed by atoms with Gasteiger partial charge in [-0.15, -0.1) is 11.3 Å². The van der Waals surface area contributed by atoms with Gasteiger partial charge in [-0.25, -0.2) is 4.79 Å². The van der Waals surface area contributed by atoms with Crippen molar-refractivity contribution in [1.82, 2.24) is 4.90 Å². The number of thiophene rings is 1. The first-order valence-corrected chi connectivity index (χ1v) is 7.93. The molecule has 5 heteroatoms. The molecule has 1 aliphatic heterocycles. The average Bonchev–Trinajstić information content (AvgIpc) is 3.03. The van der Waals surface area contributed by atoms with Crippen molar-refractivity contribution in [2.24, 2.45) is 0 Å². The fourth-order valence-corrected chi connectivity index (χ4v) is 3.37. The minimum absolute atomic E-state index is 0.348. The Morgan fingerprint density at radius 1 is 1.10 bits per heavy atom. The van der Waals surface area contributed by atoms with Gasteiger partial charge in [-0.1, -0.05) is 12.1 Å². The second-order valence-electron chi connectivity index (χ2n) is 5.22. The summed E-state index contributed by atoms with van der Waals surface area (Å²) in [4.78, 5) is 15.7. The molecule has 4 nitrogen and oxygen atoms in total. The third kappa shape index (κ3) is 3.43. The number of nitrogens with zero attached hydrogens (tertiary/aromatic N) is 2. The summed E-state index contributed by atoms with van der Waals surface area (Å²) in [6.45, 7) is 5.07. The lowest BCUT2D eigenvalue weighted by Gasteiger charge is -2.35. The number of carboxylic acid groups (broad SMARTS) is 1. The minimum atomic E-state index is -0.869. The molecule has 0 aliphatic carbocycles. The number of rotatable bonds is 4. The van der Waals surface area contributed by atoms with Crippen molar-refractivity contribution in [3.05, 3.63) is 52.9 Å². The third-order valence-corrected chi connectivity index (χ3v) is 4.73. The van der Waals surface area contributed by atoms with E-state index in [1.54, 1.807) is 23.5 Å². The lowest BCUT2D eigenvalue weighted by molar-refractivity contribution is 0.0697. The highest BCUT2D eigenvalue weighted by atomic mass is 32.1. The maximum atomic E-state index is 10.8. The van der Waals surface area contributed by atoms with Crippen LogP contribution in [0.1, 0.15) is 15.9 Å². The summed E-state index contributed by atoms with van der Waals surface area (Å²) >= 11 is 1.79. The Kier molecular flexibility index (Phi) is 4.22. The second kappa shape index (κ2) is 6.28. The fraction of sp³-hybridized carbons (Fsp3) is 0.312. The van der Waals surface area contributed by atoms with E-state index in [-0.39, 0.29) is 0 Å². The summed E-state index contributed by atoms with van der Waals surface area (Å²) in [6.07, 6.45) is 0. The summed E-state index contributed by atoms with van der Waals surface area (Å²) in [7, 11) is 0. The molecule has 1 aromatic carbocycles. The molecule has 0 atom stereocenters. The molecule has 2 aromatic rings. The standard InChI is InChI=1S/C16H18N2O2S/c19-16(20)14-5-3-13(4-6-14)12-17-7-9-18(10-8-17)15-2-1-11-21-15/h1-6,11H,7-10,12H2,(H,19,20). The Morgan fingerprint density at radius 2 is 1.81 bits per heavy atom. The van der Waals surface area contributed by atoms with Crippen LogP contribution in [0.25, 0.3) is 0 Å². The highest BCUT2D eigenvalue weighted by Crippen LogP contribution is 2.22. The fourth-order valence-electron chi connectivity index (χ4n) is 2.59. The zero-order chi connectivity index (χ0) is 14.7. The van der Waals surface area contributed by atoms with E-state index < -0.39 is 5.97 Å². The van der Waals surface area contributed by atoms with Crippen LogP contribution in [-0.2, 0) is 6.54 Å². The van der Waals surface area contributed by atoms with Crippen molar-refractivity contribution < 1.29 is 9.90 Å². The van der Waals surface area contributed by atoms with Gasteiger partial charge in [0, 0.05) is 32.7 Å². The van der Waals surface area contributed by atoms with Gasteiger partial charge < -0.3 is 10.0 Å². The van der Waals surface area contributed by atoms with Crippen molar-refractivity contribution in [1.29, 1.82) is 0 Å². The molecule has 3 rings (SSSR count). The van der Waals surface area contributed by atoms with Gasteiger partial charge in [-0.05, 0) is 35.2 Å². The van der Waals surface area contributed by atoms with Gasteiger partial charge in [0.05, 0.1) is 10.6 Å². The normalized spacial score (nSPS) is 16.1. The van der Waals surface area contributed by atoms with Crippen LogP contribution in [-0.4, -0.2) is 42.2 Å². The molecule has 0 bridgehead atoms. The van der Waals surface area contributed by atoms with Crippen molar-refractivity contribution in [2.45, 2.75) is 6.54 Å². The van der Waals surface area contributed by atoms with Crippen molar-refractivity contribution >= 4 is 22.3 Å². The molecule has 1 aromatic heterocycles. The maximum Gasteiger partial charge on any atom is 0.335 e. The molecule has 1 fully saturated rings. The largest absolute Gasteiger partial charge is 0.478 e. The number of aromatic carboxylic acids is 1. The number of carbonyl (C=O) groups is 1. The molecule has 0 saturated carbocycles. The summed E-state index contributed by atoms with van der Waals surface area (Å²) in [5, 5.41) is 12.4. The van der Waals surface area contributed by atoms with Gasteiger partial charge in [0.25, 0.3) is 0 Å². The van der Waals surface area contributed by atoms with Gasteiger partial charge in [0.2, 0.25) is 0 Å². The van der Waals surface area contributed by atoms with Crippen LogP contribution in [0.5, 0.6) is 0 Å². The molecule has 2 heterocycles. The summed E-state index contributed by atoms with van der Waals surface area (Å²) in [5.41, 5.74) is 1.52. The first-order chi connectivity index (χ1) is 10.2. The van der Waals surface area contributed by atoms with Crippen LogP contribution in [0.3, 0.4) is 0 Å². The topological polar surface area (TPSA) is 43.8 Å². The molecule has 110 valence electrons. The van der Waals surface area contributed by atoms with E-state index in [4.69, 9.17) is 5.11 Å². The predicted molar refractivity (Wildman–Crippen MR) is 85.2 cm³/mol. The van der Waals surface area contributed by atoms with E-state index in [0.29, 0.717) is 5.56 Å². The molecule has 1 saturated heterocycles. The Labute approximate surface area is 128 Å². The van der Waals surface area contributed by atoms with E-state index >= 15 is 0 Å². The van der Waals surface area contributed by atoms with Crippen LogP contribution in [0.15, 0.2) is 41.8 Å². The van der Waals surface area contributed by atoms with E-state index in [9.17, 15) is 4.79 Å². The number of benzene rings is 1. The van der Waals surface area contributed by atoms with Crippen LogP contribution in [0.2, 0.25) is 0 Å². The molecule has 0 amide bonds. The smallest absolute Gasteiger partial charge is 0.335 e. The number of piperazine rings is 1. The van der Waals surface area contributed by atoms with E-state index in [0.717, 1.165) is 32.7 Å². The summed E-state index contributed by atoms with van der Waals surface area (Å²) in [5.74, 6) is -0.869. The number of anilines is 1. The number of carboxylic acids is 1. The second-order valence-corrected chi connectivity index (χ2v) is 6.14. The van der Waals surface area contributed by atoms with Gasteiger partial charge >= 0.3 is 5.97 Å². The summed E-state index contributed by atoms with van der Waals surface area (Å²) < 4.78 is 0. The van der Waals surface area contributed by atoms with Crippen molar-refractivity contribution in [2.75, 3.05) is 31.1 Å². The Morgan fingerprint density at radius 3 is 2.38 bits per heavy atom. The number of hydrogen-bond acceptors (Lipinski definition) is 4. The predicted octanol–water partition coefficient (Wildman–Crippen LogP) is 2.77. The van der Waals surface area contributed by atoms with E-state index in [2.05, 4.69) is 27.3 Å². The summed E-state index contributed by atoms with van der Waals surface area (Å²) in [6, 6.07) is 11.4. The molecule has 1 N–H and O–H groups in total. The van der Waals surface area contributed by atoms with Crippen molar-refractivity contribution in [3.8, 4) is 0 Å². The maximum absolute atomic E-state index is 10.8. The van der Waals surface area contributed by atoms with Gasteiger partial charge in [-0.2, -0.15) is 0 Å². The highest BCUT2D eigenvalue weighted by Gasteiger charge is 2.17. The Hall–Kier alpha value is -1.85. The highest BCUT2D eigenvalue weighted by molar-refractivity contribution is 7.14. The van der Waals surface area contributed by atoms with Crippen LogP contribution in [0.4, 0.5) is 5.00 Å². The molecule has 0 spiro atoms. The number of hydrogen-bond donors (Lipinski definition) is 1. The Balaban J connectivity index is 1.54. The Bertz CT molecular complexity index is 587. The first kappa shape index (κ1) is 14.1. The minimum Gasteiger partial charge on any atom is -0.478 e. The first-order valence-electron chi connectivity index (χ1n) is 7.05. The van der Waals surface area contributed by atoms with E-state index in [1.807, 2.05) is 12.1 Å². The third-order valence-electron chi connectivity index (χ3n) is 3.80. The van der Waals surface area contributed by atoms with Crippen LogP contribution in [0, 0.1) is 0 Å². The van der Waals surface area contributed by atoms with E-state index in [1.165, 1.54) is 10.6 Å². The molecule has 0 radical (unpaired) electrons. The molecule has 0 unspecified atom stereocenters.